The summed E-state index contributed by atoms with van der Waals surface area (Å²) in [6.45, 7) is 8.80. The monoisotopic (exact) mass is 534 g/mol. The van der Waals surface area contributed by atoms with Crippen LogP contribution >= 0.6 is 23.2 Å². The van der Waals surface area contributed by atoms with Crippen LogP contribution in [0.2, 0.25) is 35.7 Å². The maximum Gasteiger partial charge on any atom is 0.357 e. The van der Waals surface area contributed by atoms with E-state index in [0.717, 1.165) is 6.04 Å². The van der Waals surface area contributed by atoms with Gasteiger partial charge in [0, 0.05) is 44.0 Å². The second kappa shape index (κ2) is 11.3. The molecule has 0 unspecified atom stereocenters. The molecule has 3 aromatic rings. The van der Waals surface area contributed by atoms with Gasteiger partial charge in [-0.3, -0.25) is 9.36 Å². The Morgan fingerprint density at radius 3 is 2.51 bits per heavy atom. The number of hydrogen-bond acceptors (Lipinski definition) is 6. The number of anilines is 1. The molecule has 0 atom stereocenters. The van der Waals surface area contributed by atoms with Crippen LogP contribution in [-0.4, -0.2) is 48.2 Å². The third-order valence-electron chi connectivity index (χ3n) is 5.07. The lowest BCUT2D eigenvalue weighted by Gasteiger charge is -2.17. The molecule has 0 aliphatic heterocycles. The Morgan fingerprint density at radius 1 is 1.14 bits per heavy atom. The number of halogens is 2. The standard InChI is InChI=1S/C24H28Cl2N4O4Si/c1-15(31)28-20-12-16(8-9-27-20)23-29-21(18-7-6-17(25)13-19(18)26)22(24(32)33-2)30(23)14-34-10-11-35(3,4)5/h6-9,12-13H,10-11,14H2,1-5H3,(H,27,28,31). The molecular formula is C24H28Cl2N4O4Si. The second-order valence-electron chi connectivity index (χ2n) is 9.14. The molecule has 0 saturated heterocycles. The minimum Gasteiger partial charge on any atom is -0.464 e. The van der Waals surface area contributed by atoms with Crippen molar-refractivity contribution < 1.29 is 19.1 Å². The van der Waals surface area contributed by atoms with Crippen LogP contribution in [-0.2, 0) is 21.0 Å². The van der Waals surface area contributed by atoms with E-state index in [9.17, 15) is 9.59 Å². The van der Waals surface area contributed by atoms with Crippen LogP contribution in [0.3, 0.4) is 0 Å². The summed E-state index contributed by atoms with van der Waals surface area (Å²) in [5.41, 5.74) is 1.67. The lowest BCUT2D eigenvalue weighted by atomic mass is 10.1. The van der Waals surface area contributed by atoms with Gasteiger partial charge in [-0.2, -0.15) is 0 Å². The third kappa shape index (κ3) is 6.91. The Balaban J connectivity index is 2.17. The predicted molar refractivity (Wildman–Crippen MR) is 141 cm³/mol. The lowest BCUT2D eigenvalue weighted by molar-refractivity contribution is -0.114. The minimum absolute atomic E-state index is 0.0697. The predicted octanol–water partition coefficient (Wildman–Crippen LogP) is 5.98. The van der Waals surface area contributed by atoms with Crippen molar-refractivity contribution in [3.05, 3.63) is 52.3 Å². The number of benzene rings is 1. The fourth-order valence-electron chi connectivity index (χ4n) is 3.32. The molecular weight excluding hydrogens is 507 g/mol. The van der Waals surface area contributed by atoms with Crippen molar-refractivity contribution in [2.75, 3.05) is 19.0 Å². The third-order valence-corrected chi connectivity index (χ3v) is 7.32. The summed E-state index contributed by atoms with van der Waals surface area (Å²) >= 11 is 12.6. The molecule has 2 heterocycles. The number of esters is 1. The van der Waals surface area contributed by atoms with Gasteiger partial charge >= 0.3 is 5.97 Å². The van der Waals surface area contributed by atoms with Crippen LogP contribution in [0.15, 0.2) is 36.5 Å². The van der Waals surface area contributed by atoms with Gasteiger partial charge in [0.25, 0.3) is 0 Å². The second-order valence-corrected chi connectivity index (χ2v) is 15.6. The molecule has 0 aliphatic carbocycles. The average molecular weight is 536 g/mol. The van der Waals surface area contributed by atoms with Crippen LogP contribution in [0.5, 0.6) is 0 Å². The number of nitrogens with one attached hydrogen (secondary N) is 1. The first kappa shape index (κ1) is 26.9. The number of carbonyl (C=O) groups is 2. The highest BCUT2D eigenvalue weighted by Gasteiger charge is 2.27. The Bertz CT molecular complexity index is 1240. The number of aromatic nitrogens is 3. The number of rotatable bonds is 9. The van der Waals surface area contributed by atoms with Gasteiger partial charge in [0.15, 0.2) is 5.69 Å². The molecule has 2 aromatic heterocycles. The Labute approximate surface area is 215 Å². The van der Waals surface area contributed by atoms with Crippen LogP contribution < -0.4 is 5.32 Å². The number of amides is 1. The molecule has 35 heavy (non-hydrogen) atoms. The molecule has 1 aromatic carbocycles. The molecule has 1 N–H and O–H groups in total. The maximum atomic E-state index is 13.0. The normalized spacial score (nSPS) is 11.4. The molecule has 0 radical (unpaired) electrons. The van der Waals surface area contributed by atoms with Crippen LogP contribution in [0.25, 0.3) is 22.6 Å². The van der Waals surface area contributed by atoms with E-state index in [0.29, 0.717) is 45.1 Å². The van der Waals surface area contributed by atoms with Crippen molar-refractivity contribution in [1.82, 2.24) is 14.5 Å². The largest absolute Gasteiger partial charge is 0.464 e. The summed E-state index contributed by atoms with van der Waals surface area (Å²) in [4.78, 5) is 33.5. The lowest BCUT2D eigenvalue weighted by Crippen LogP contribution is -2.22. The van der Waals surface area contributed by atoms with Gasteiger partial charge in [0.1, 0.15) is 24.1 Å². The van der Waals surface area contributed by atoms with E-state index >= 15 is 0 Å². The molecule has 186 valence electrons. The van der Waals surface area contributed by atoms with Crippen LogP contribution in [0.4, 0.5) is 5.82 Å². The molecule has 0 saturated carbocycles. The van der Waals surface area contributed by atoms with E-state index < -0.39 is 14.0 Å². The van der Waals surface area contributed by atoms with Gasteiger partial charge in [-0.25, -0.2) is 14.8 Å². The van der Waals surface area contributed by atoms with Crippen molar-refractivity contribution >= 4 is 49.0 Å². The zero-order valence-corrected chi connectivity index (χ0v) is 22.8. The summed E-state index contributed by atoms with van der Waals surface area (Å²) < 4.78 is 12.8. The first-order chi connectivity index (χ1) is 16.5. The van der Waals surface area contributed by atoms with Crippen LogP contribution in [0.1, 0.15) is 17.4 Å². The number of methoxy groups -OCH3 is 1. The fourth-order valence-corrected chi connectivity index (χ4v) is 4.58. The van der Waals surface area contributed by atoms with Gasteiger partial charge in [0.05, 0.1) is 12.1 Å². The highest BCUT2D eigenvalue weighted by Crippen LogP contribution is 2.35. The van der Waals surface area contributed by atoms with Gasteiger partial charge in [-0.1, -0.05) is 42.8 Å². The molecule has 8 nitrogen and oxygen atoms in total. The van der Waals surface area contributed by atoms with E-state index in [-0.39, 0.29) is 18.3 Å². The number of pyridine rings is 1. The van der Waals surface area contributed by atoms with E-state index in [1.165, 1.54) is 14.0 Å². The topological polar surface area (TPSA) is 95.3 Å². The summed E-state index contributed by atoms with van der Waals surface area (Å²) in [6.07, 6.45) is 1.55. The van der Waals surface area contributed by atoms with Gasteiger partial charge in [-0.15, -0.1) is 0 Å². The summed E-state index contributed by atoms with van der Waals surface area (Å²) in [5, 5.41) is 3.46. The van der Waals surface area contributed by atoms with E-state index in [2.05, 4.69) is 29.9 Å². The molecule has 11 heteroatoms. The molecule has 0 bridgehead atoms. The maximum absolute atomic E-state index is 13.0. The summed E-state index contributed by atoms with van der Waals surface area (Å²) in [5.74, 6) is -0.0467. The van der Waals surface area contributed by atoms with Gasteiger partial charge in [0.2, 0.25) is 5.91 Å². The smallest absolute Gasteiger partial charge is 0.357 e. The first-order valence-electron chi connectivity index (χ1n) is 11.0. The summed E-state index contributed by atoms with van der Waals surface area (Å²) in [7, 11) is -0.0131. The quantitative estimate of drug-likeness (QED) is 0.206. The zero-order valence-electron chi connectivity index (χ0n) is 20.3. The highest BCUT2D eigenvalue weighted by molar-refractivity contribution is 6.76. The van der Waals surface area contributed by atoms with Gasteiger partial charge in [-0.05, 0) is 36.4 Å². The van der Waals surface area contributed by atoms with Crippen molar-refractivity contribution in [2.24, 2.45) is 0 Å². The van der Waals surface area contributed by atoms with Gasteiger partial charge < -0.3 is 14.8 Å². The molecule has 3 rings (SSSR count). The van der Waals surface area contributed by atoms with E-state index in [1.807, 2.05) is 0 Å². The number of hydrogen-bond donors (Lipinski definition) is 1. The van der Waals surface area contributed by atoms with E-state index in [1.54, 1.807) is 41.1 Å². The summed E-state index contributed by atoms with van der Waals surface area (Å²) in [6, 6.07) is 9.34. The number of imidazole rings is 1. The number of ether oxygens (including phenoxy) is 2. The van der Waals surface area contributed by atoms with E-state index in [4.69, 9.17) is 37.7 Å². The molecule has 0 fully saturated rings. The minimum atomic E-state index is -1.32. The first-order valence-corrected chi connectivity index (χ1v) is 15.4. The Morgan fingerprint density at radius 2 is 1.89 bits per heavy atom. The average Bonchev–Trinajstić information content (AvgIpc) is 3.14. The molecule has 1 amide bonds. The number of nitrogens with zero attached hydrogens (tertiary/aromatic N) is 3. The van der Waals surface area contributed by atoms with Crippen molar-refractivity contribution in [2.45, 2.75) is 39.3 Å². The highest BCUT2D eigenvalue weighted by atomic mass is 35.5. The molecule has 0 spiro atoms. The number of carbonyl (C=O) groups excluding carboxylic acids is 2. The van der Waals surface area contributed by atoms with Crippen molar-refractivity contribution in [1.29, 1.82) is 0 Å². The Hall–Kier alpha value is -2.72. The molecule has 0 aliphatic rings. The van der Waals surface area contributed by atoms with Crippen molar-refractivity contribution in [3.8, 4) is 22.6 Å². The SMILES string of the molecule is COC(=O)c1c(-c2ccc(Cl)cc2Cl)nc(-c2ccnc(NC(C)=O)c2)n1COCC[Si](C)(C)C. The Kier molecular flexibility index (Phi) is 8.71. The van der Waals surface area contributed by atoms with Crippen molar-refractivity contribution in [3.63, 3.8) is 0 Å². The van der Waals surface area contributed by atoms with Crippen LogP contribution in [0, 0.1) is 0 Å². The fraction of sp³-hybridized carbons (Fsp3) is 0.333. The zero-order chi connectivity index (χ0) is 25.8.